The van der Waals surface area contributed by atoms with Crippen LogP contribution in [0.5, 0.6) is 5.75 Å². The number of hydrogen-bond donors (Lipinski definition) is 0. The summed E-state index contributed by atoms with van der Waals surface area (Å²) in [6, 6.07) is 8.39. The summed E-state index contributed by atoms with van der Waals surface area (Å²) in [4.78, 5) is 9.40. The molecular formula is C19H25N3O2S. The van der Waals surface area contributed by atoms with E-state index in [0.717, 1.165) is 63.1 Å². The third kappa shape index (κ3) is 3.81. The van der Waals surface area contributed by atoms with Crippen LogP contribution in [0.15, 0.2) is 35.8 Å². The first-order chi connectivity index (χ1) is 12.3. The maximum atomic E-state index is 6.31. The minimum Gasteiger partial charge on any atom is -0.497 e. The van der Waals surface area contributed by atoms with E-state index >= 15 is 0 Å². The van der Waals surface area contributed by atoms with Gasteiger partial charge >= 0.3 is 0 Å². The number of methoxy groups -OCH3 is 1. The van der Waals surface area contributed by atoms with Crippen LogP contribution in [0.4, 0.5) is 5.13 Å². The number of piperidine rings is 1. The lowest BCUT2D eigenvalue weighted by Crippen LogP contribution is -2.59. The second-order valence-corrected chi connectivity index (χ2v) is 7.80. The highest BCUT2D eigenvalue weighted by molar-refractivity contribution is 7.13. The van der Waals surface area contributed by atoms with Gasteiger partial charge < -0.3 is 14.4 Å². The fourth-order valence-corrected chi connectivity index (χ4v) is 4.60. The Hall–Kier alpha value is -1.63. The summed E-state index contributed by atoms with van der Waals surface area (Å²) in [5.41, 5.74) is 1.26. The van der Waals surface area contributed by atoms with E-state index in [1.54, 1.807) is 18.4 Å². The Balaban J connectivity index is 1.42. The molecule has 0 N–H and O–H groups in total. The van der Waals surface area contributed by atoms with Gasteiger partial charge in [-0.15, -0.1) is 11.3 Å². The molecule has 2 aromatic rings. The Bertz CT molecular complexity index is 672. The summed E-state index contributed by atoms with van der Waals surface area (Å²) >= 11 is 1.72. The summed E-state index contributed by atoms with van der Waals surface area (Å²) in [7, 11) is 1.71. The summed E-state index contributed by atoms with van der Waals surface area (Å²) in [6.07, 6.45) is 4.18. The molecule has 1 spiro atoms. The topological polar surface area (TPSA) is 37.8 Å². The summed E-state index contributed by atoms with van der Waals surface area (Å²) in [5, 5.41) is 3.17. The van der Waals surface area contributed by atoms with Crippen LogP contribution in [-0.2, 0) is 11.3 Å². The molecule has 1 aromatic heterocycles. The third-order valence-corrected chi connectivity index (χ3v) is 5.95. The number of benzene rings is 1. The van der Waals surface area contributed by atoms with Crippen LogP contribution in [0.25, 0.3) is 0 Å². The second kappa shape index (κ2) is 7.32. The molecule has 6 heteroatoms. The van der Waals surface area contributed by atoms with Gasteiger partial charge in [-0.25, -0.2) is 4.98 Å². The fourth-order valence-electron chi connectivity index (χ4n) is 3.93. The van der Waals surface area contributed by atoms with Gasteiger partial charge in [0.2, 0.25) is 0 Å². The normalized spacial score (nSPS) is 24.6. The Morgan fingerprint density at radius 3 is 2.88 bits per heavy atom. The smallest absolute Gasteiger partial charge is 0.185 e. The average molecular weight is 359 g/mol. The molecule has 1 aromatic carbocycles. The van der Waals surface area contributed by atoms with E-state index in [1.165, 1.54) is 5.56 Å². The highest BCUT2D eigenvalue weighted by Gasteiger charge is 2.41. The quantitative estimate of drug-likeness (QED) is 0.839. The van der Waals surface area contributed by atoms with Crippen molar-refractivity contribution >= 4 is 16.5 Å². The zero-order valence-corrected chi connectivity index (χ0v) is 15.5. The maximum Gasteiger partial charge on any atom is 0.185 e. The lowest BCUT2D eigenvalue weighted by atomic mass is 9.90. The van der Waals surface area contributed by atoms with E-state index in [9.17, 15) is 0 Å². The van der Waals surface area contributed by atoms with Crippen LogP contribution in [0.2, 0.25) is 0 Å². The van der Waals surface area contributed by atoms with Gasteiger partial charge in [0.05, 0.1) is 25.9 Å². The Morgan fingerprint density at radius 1 is 1.24 bits per heavy atom. The van der Waals surface area contributed by atoms with E-state index in [-0.39, 0.29) is 5.60 Å². The predicted octanol–water partition coefficient (Wildman–Crippen LogP) is 3.02. The van der Waals surface area contributed by atoms with Gasteiger partial charge in [-0.05, 0) is 30.5 Å². The van der Waals surface area contributed by atoms with Crippen molar-refractivity contribution in [2.45, 2.75) is 25.0 Å². The molecule has 2 aliphatic rings. The van der Waals surface area contributed by atoms with Crippen molar-refractivity contribution in [2.24, 2.45) is 0 Å². The van der Waals surface area contributed by atoms with Gasteiger partial charge in [-0.3, -0.25) is 4.90 Å². The van der Waals surface area contributed by atoms with Crippen LogP contribution in [-0.4, -0.2) is 55.4 Å². The zero-order valence-electron chi connectivity index (χ0n) is 14.7. The molecule has 134 valence electrons. The molecule has 0 bridgehead atoms. The van der Waals surface area contributed by atoms with Gasteiger partial charge in [0, 0.05) is 37.8 Å². The molecule has 2 aliphatic heterocycles. The van der Waals surface area contributed by atoms with Crippen LogP contribution in [0, 0.1) is 0 Å². The Labute approximate surface area is 153 Å². The molecule has 4 rings (SSSR count). The number of ether oxygens (including phenoxy) is 2. The minimum atomic E-state index is -0.0609. The molecule has 0 radical (unpaired) electrons. The van der Waals surface area contributed by atoms with E-state index in [1.807, 2.05) is 23.7 Å². The van der Waals surface area contributed by atoms with Gasteiger partial charge in [0.15, 0.2) is 5.13 Å². The first-order valence-electron chi connectivity index (χ1n) is 8.90. The van der Waals surface area contributed by atoms with E-state index in [4.69, 9.17) is 9.47 Å². The van der Waals surface area contributed by atoms with Crippen molar-refractivity contribution < 1.29 is 9.47 Å². The predicted molar refractivity (Wildman–Crippen MR) is 101 cm³/mol. The van der Waals surface area contributed by atoms with E-state index < -0.39 is 0 Å². The van der Waals surface area contributed by atoms with Crippen molar-refractivity contribution in [1.29, 1.82) is 0 Å². The Morgan fingerprint density at radius 2 is 2.12 bits per heavy atom. The SMILES string of the molecule is COc1ccc(CN2CCOC3(CCCN(c4nccs4)C3)C2)cc1. The van der Waals surface area contributed by atoms with Gasteiger partial charge in [-0.2, -0.15) is 0 Å². The molecule has 1 unspecified atom stereocenters. The number of aromatic nitrogens is 1. The monoisotopic (exact) mass is 359 g/mol. The summed E-state index contributed by atoms with van der Waals surface area (Å²) in [5.74, 6) is 0.911. The molecule has 0 saturated carbocycles. The number of anilines is 1. The lowest BCUT2D eigenvalue weighted by Gasteiger charge is -2.48. The molecule has 2 fully saturated rings. The van der Waals surface area contributed by atoms with Crippen molar-refractivity contribution in [3.05, 3.63) is 41.4 Å². The lowest BCUT2D eigenvalue weighted by molar-refractivity contribution is -0.116. The first-order valence-corrected chi connectivity index (χ1v) is 9.78. The number of hydrogen-bond acceptors (Lipinski definition) is 6. The first kappa shape index (κ1) is 16.8. The van der Waals surface area contributed by atoms with Crippen molar-refractivity contribution in [1.82, 2.24) is 9.88 Å². The highest BCUT2D eigenvalue weighted by Crippen LogP contribution is 2.32. The molecular weight excluding hydrogens is 334 g/mol. The van der Waals surface area contributed by atoms with E-state index in [0.29, 0.717) is 0 Å². The van der Waals surface area contributed by atoms with Crippen LogP contribution in [0.1, 0.15) is 18.4 Å². The Kier molecular flexibility index (Phi) is 4.92. The minimum absolute atomic E-state index is 0.0609. The van der Waals surface area contributed by atoms with E-state index in [2.05, 4.69) is 26.9 Å². The molecule has 3 heterocycles. The van der Waals surface area contributed by atoms with Crippen molar-refractivity contribution in [3.63, 3.8) is 0 Å². The molecule has 5 nitrogen and oxygen atoms in total. The number of nitrogens with zero attached hydrogens (tertiary/aromatic N) is 3. The maximum absolute atomic E-state index is 6.31. The zero-order chi connectivity index (χ0) is 17.1. The van der Waals surface area contributed by atoms with Gasteiger partial charge in [-0.1, -0.05) is 12.1 Å². The second-order valence-electron chi connectivity index (χ2n) is 6.93. The number of rotatable bonds is 4. The molecule has 25 heavy (non-hydrogen) atoms. The van der Waals surface area contributed by atoms with Crippen molar-refractivity contribution in [3.8, 4) is 5.75 Å². The largest absolute Gasteiger partial charge is 0.497 e. The molecule has 0 amide bonds. The molecule has 2 saturated heterocycles. The third-order valence-electron chi connectivity index (χ3n) is 5.12. The van der Waals surface area contributed by atoms with Crippen LogP contribution < -0.4 is 9.64 Å². The summed E-state index contributed by atoms with van der Waals surface area (Å²) < 4.78 is 11.6. The van der Waals surface area contributed by atoms with Gasteiger partial charge in [0.25, 0.3) is 0 Å². The average Bonchev–Trinajstić information content (AvgIpc) is 3.17. The molecule has 0 aliphatic carbocycles. The number of morpholine rings is 1. The van der Waals surface area contributed by atoms with Crippen molar-refractivity contribution in [2.75, 3.05) is 44.8 Å². The van der Waals surface area contributed by atoms with Crippen LogP contribution >= 0.6 is 11.3 Å². The molecule has 1 atom stereocenters. The van der Waals surface area contributed by atoms with Gasteiger partial charge in [0.1, 0.15) is 5.75 Å². The highest BCUT2D eigenvalue weighted by atomic mass is 32.1. The van der Waals surface area contributed by atoms with Crippen LogP contribution in [0.3, 0.4) is 0 Å². The number of thiazole rings is 1. The standard InChI is InChI=1S/C19H25N3O2S/c1-23-17-5-3-16(4-6-17)13-21-10-11-24-19(14-21)7-2-9-22(15-19)18-20-8-12-25-18/h3-6,8,12H,2,7,9-11,13-15H2,1H3. The fraction of sp³-hybridized carbons (Fsp3) is 0.526. The summed E-state index contributed by atoms with van der Waals surface area (Å²) in [6.45, 7) is 5.77.